The summed E-state index contributed by atoms with van der Waals surface area (Å²) in [7, 11) is 0. The smallest absolute Gasteiger partial charge is 0.407 e. The monoisotopic (exact) mass is 336 g/mol. The van der Waals surface area contributed by atoms with Crippen molar-refractivity contribution in [2.75, 3.05) is 25.1 Å². The van der Waals surface area contributed by atoms with E-state index in [0.717, 1.165) is 11.3 Å². The molecule has 1 aromatic rings. The van der Waals surface area contributed by atoms with Crippen molar-refractivity contribution in [3.8, 4) is 0 Å². The van der Waals surface area contributed by atoms with Gasteiger partial charge in [-0.15, -0.1) is 0 Å². The van der Waals surface area contributed by atoms with Gasteiger partial charge in [0.1, 0.15) is 12.2 Å². The average molecular weight is 336 g/mol. The number of carbonyl (C=O) groups excluding carboxylic acids is 2. The lowest BCUT2D eigenvalue weighted by Gasteiger charge is -2.19. The van der Waals surface area contributed by atoms with Crippen LogP contribution in [-0.4, -0.2) is 37.4 Å². The highest BCUT2D eigenvalue weighted by molar-refractivity contribution is 5.92. The molecule has 0 aromatic heterocycles. The molecular weight excluding hydrogens is 308 g/mol. The number of benzene rings is 1. The van der Waals surface area contributed by atoms with Crippen LogP contribution in [0.15, 0.2) is 24.3 Å². The Morgan fingerprint density at radius 3 is 2.46 bits per heavy atom. The van der Waals surface area contributed by atoms with Crippen LogP contribution >= 0.6 is 0 Å². The topological polar surface area (TPSA) is 76.7 Å². The van der Waals surface area contributed by atoms with Gasteiger partial charge in [0.05, 0.1) is 6.61 Å². The number of amides is 2. The number of anilines is 1. The first-order chi connectivity index (χ1) is 11.2. The van der Waals surface area contributed by atoms with Crippen LogP contribution < -0.4 is 10.6 Å². The summed E-state index contributed by atoms with van der Waals surface area (Å²) in [5, 5.41) is 5.42. The van der Waals surface area contributed by atoms with Crippen LogP contribution in [0.2, 0.25) is 0 Å². The zero-order chi connectivity index (χ0) is 18.2. The molecule has 0 spiro atoms. The molecule has 2 N–H and O–H groups in total. The maximum Gasteiger partial charge on any atom is 0.407 e. The van der Waals surface area contributed by atoms with Gasteiger partial charge in [-0.3, -0.25) is 4.79 Å². The molecule has 0 bridgehead atoms. The largest absolute Gasteiger partial charge is 0.444 e. The first kappa shape index (κ1) is 20.0. The summed E-state index contributed by atoms with van der Waals surface area (Å²) in [4.78, 5) is 23.4. The first-order valence-corrected chi connectivity index (χ1v) is 8.12. The number of hydrogen-bond donors (Lipinski definition) is 2. The molecular formula is C18H28N2O4. The zero-order valence-corrected chi connectivity index (χ0v) is 15.1. The van der Waals surface area contributed by atoms with E-state index in [1.54, 1.807) is 20.8 Å². The Bertz CT molecular complexity index is 550. The van der Waals surface area contributed by atoms with Crippen LogP contribution in [0.5, 0.6) is 0 Å². The van der Waals surface area contributed by atoms with E-state index >= 15 is 0 Å². The molecule has 2 amide bonds. The molecule has 0 heterocycles. The Labute approximate surface area is 143 Å². The molecule has 6 nitrogen and oxygen atoms in total. The van der Waals surface area contributed by atoms with Crippen LogP contribution in [0, 0.1) is 0 Å². The van der Waals surface area contributed by atoms with Crippen molar-refractivity contribution < 1.29 is 19.1 Å². The van der Waals surface area contributed by atoms with Crippen LogP contribution in [-0.2, 0) is 14.3 Å². The number of carbonyl (C=O) groups is 2. The van der Waals surface area contributed by atoms with E-state index in [4.69, 9.17) is 9.47 Å². The summed E-state index contributed by atoms with van der Waals surface area (Å²) < 4.78 is 10.4. The minimum Gasteiger partial charge on any atom is -0.444 e. The van der Waals surface area contributed by atoms with Crippen molar-refractivity contribution in [2.24, 2.45) is 0 Å². The lowest BCUT2D eigenvalue weighted by Crippen LogP contribution is -2.34. The molecule has 134 valence electrons. The molecule has 6 heteroatoms. The second-order valence-electron chi connectivity index (χ2n) is 6.77. The number of nitrogens with one attached hydrogen (secondary N) is 2. The van der Waals surface area contributed by atoms with E-state index < -0.39 is 11.7 Å². The third-order valence-corrected chi connectivity index (χ3v) is 3.00. The van der Waals surface area contributed by atoms with Crippen LogP contribution in [0.3, 0.4) is 0 Å². The standard InChI is InChI=1S/C18H28N2O4/c1-13(2)14-8-6-7-9-15(14)20-16(21)12-23-11-10-19-17(22)24-18(3,4)5/h6-9,13H,10-12H2,1-5H3,(H,19,22)(H,20,21). The van der Waals surface area contributed by atoms with Crippen molar-refractivity contribution in [3.63, 3.8) is 0 Å². The number of para-hydroxylation sites is 1. The Hall–Kier alpha value is -2.08. The number of alkyl carbamates (subject to hydrolysis) is 1. The molecule has 0 aliphatic carbocycles. The fourth-order valence-corrected chi connectivity index (χ4v) is 2.00. The Morgan fingerprint density at radius 1 is 1.17 bits per heavy atom. The van der Waals surface area contributed by atoms with Crippen LogP contribution in [0.25, 0.3) is 0 Å². The Kier molecular flexibility index (Phi) is 7.71. The van der Waals surface area contributed by atoms with Gasteiger partial charge >= 0.3 is 6.09 Å². The van der Waals surface area contributed by atoms with Crippen LogP contribution in [0.1, 0.15) is 46.1 Å². The Balaban J connectivity index is 2.27. The highest BCUT2D eigenvalue weighted by Crippen LogP contribution is 2.23. The highest BCUT2D eigenvalue weighted by Gasteiger charge is 2.15. The van der Waals surface area contributed by atoms with Crippen molar-refractivity contribution in [2.45, 2.75) is 46.1 Å². The molecule has 1 rings (SSSR count). The minimum atomic E-state index is -0.533. The molecule has 0 unspecified atom stereocenters. The normalized spacial score (nSPS) is 11.2. The van der Waals surface area contributed by atoms with Crippen LogP contribution in [0.4, 0.5) is 10.5 Å². The third kappa shape index (κ3) is 7.97. The second-order valence-corrected chi connectivity index (χ2v) is 6.77. The van der Waals surface area contributed by atoms with Gasteiger partial charge in [0.25, 0.3) is 0 Å². The van der Waals surface area contributed by atoms with Gasteiger partial charge in [-0.2, -0.15) is 0 Å². The van der Waals surface area contributed by atoms with E-state index in [-0.39, 0.29) is 25.7 Å². The van der Waals surface area contributed by atoms with Gasteiger partial charge in [-0.1, -0.05) is 32.0 Å². The molecule has 24 heavy (non-hydrogen) atoms. The third-order valence-electron chi connectivity index (χ3n) is 3.00. The number of ether oxygens (including phenoxy) is 2. The summed E-state index contributed by atoms with van der Waals surface area (Å²) >= 11 is 0. The minimum absolute atomic E-state index is 0.0670. The molecule has 0 aliphatic rings. The first-order valence-electron chi connectivity index (χ1n) is 8.12. The van der Waals surface area contributed by atoms with E-state index in [1.165, 1.54) is 0 Å². The summed E-state index contributed by atoms with van der Waals surface area (Å²) in [5.74, 6) is 0.0980. The number of hydrogen-bond acceptors (Lipinski definition) is 4. The highest BCUT2D eigenvalue weighted by atomic mass is 16.6. The second kappa shape index (κ2) is 9.27. The molecule has 0 aliphatic heterocycles. The molecule has 0 saturated heterocycles. The quantitative estimate of drug-likeness (QED) is 0.749. The summed E-state index contributed by atoms with van der Waals surface area (Å²) in [6, 6.07) is 7.69. The average Bonchev–Trinajstić information content (AvgIpc) is 2.45. The molecule has 0 radical (unpaired) electrons. The van der Waals surface area contributed by atoms with Gasteiger partial charge < -0.3 is 20.1 Å². The van der Waals surface area contributed by atoms with Crippen molar-refractivity contribution in [1.29, 1.82) is 0 Å². The SMILES string of the molecule is CC(C)c1ccccc1NC(=O)COCCNC(=O)OC(C)(C)C. The van der Waals surface area contributed by atoms with Gasteiger partial charge in [-0.25, -0.2) is 4.79 Å². The fourth-order valence-electron chi connectivity index (χ4n) is 2.00. The zero-order valence-electron chi connectivity index (χ0n) is 15.1. The fraction of sp³-hybridized carbons (Fsp3) is 0.556. The van der Waals surface area contributed by atoms with Gasteiger partial charge in [0.2, 0.25) is 5.91 Å². The predicted molar refractivity (Wildman–Crippen MR) is 94.2 cm³/mol. The van der Waals surface area contributed by atoms with Crippen molar-refractivity contribution in [1.82, 2.24) is 5.32 Å². The van der Waals surface area contributed by atoms with Gasteiger partial charge in [-0.05, 0) is 38.3 Å². The van der Waals surface area contributed by atoms with E-state index in [1.807, 2.05) is 24.3 Å². The van der Waals surface area contributed by atoms with E-state index in [0.29, 0.717) is 5.92 Å². The summed E-state index contributed by atoms with van der Waals surface area (Å²) in [5.41, 5.74) is 1.35. The molecule has 0 saturated carbocycles. The lowest BCUT2D eigenvalue weighted by molar-refractivity contribution is -0.120. The predicted octanol–water partition coefficient (Wildman–Crippen LogP) is 3.29. The Morgan fingerprint density at radius 2 is 1.83 bits per heavy atom. The summed E-state index contributed by atoms with van der Waals surface area (Å²) in [6.07, 6.45) is -0.499. The van der Waals surface area contributed by atoms with E-state index in [9.17, 15) is 9.59 Å². The van der Waals surface area contributed by atoms with Gasteiger partial charge in [0.15, 0.2) is 0 Å². The van der Waals surface area contributed by atoms with Crippen molar-refractivity contribution in [3.05, 3.63) is 29.8 Å². The molecule has 0 atom stereocenters. The number of rotatable bonds is 7. The van der Waals surface area contributed by atoms with Crippen molar-refractivity contribution >= 4 is 17.7 Å². The lowest BCUT2D eigenvalue weighted by atomic mass is 10.0. The maximum atomic E-state index is 11.9. The van der Waals surface area contributed by atoms with E-state index in [2.05, 4.69) is 24.5 Å². The summed E-state index contributed by atoms with van der Waals surface area (Å²) in [6.45, 7) is 9.98. The molecule has 1 aromatic carbocycles. The van der Waals surface area contributed by atoms with Gasteiger partial charge in [0, 0.05) is 12.2 Å². The molecule has 0 fully saturated rings. The maximum absolute atomic E-state index is 11.9.